The van der Waals surface area contributed by atoms with Gasteiger partial charge in [-0.1, -0.05) is 37.3 Å². The number of aliphatic hydroxyl groups is 1. The Labute approximate surface area is 218 Å². The molecule has 7 nitrogen and oxygen atoms in total. The zero-order valence-corrected chi connectivity index (χ0v) is 21.8. The molecule has 5 rings (SSSR count). The molecule has 2 atom stereocenters. The minimum Gasteiger partial charge on any atom is -0.491 e. The molecule has 0 saturated heterocycles. The van der Waals surface area contributed by atoms with Crippen molar-refractivity contribution in [1.82, 2.24) is 15.5 Å². The normalized spacial score (nSPS) is 21.3. The Morgan fingerprint density at radius 3 is 2.76 bits per heavy atom. The molecule has 37 heavy (non-hydrogen) atoms. The van der Waals surface area contributed by atoms with Gasteiger partial charge in [-0.3, -0.25) is 9.59 Å². The quantitative estimate of drug-likeness (QED) is 0.555. The third-order valence-corrected chi connectivity index (χ3v) is 7.40. The molecule has 1 fully saturated rings. The zero-order valence-electron chi connectivity index (χ0n) is 21.8. The second-order valence-corrected chi connectivity index (χ2v) is 10.3. The number of rotatable bonds is 6. The summed E-state index contributed by atoms with van der Waals surface area (Å²) in [4.78, 5) is 26.6. The molecule has 2 heterocycles. The van der Waals surface area contributed by atoms with Crippen LogP contribution in [0.25, 0.3) is 0 Å². The maximum atomic E-state index is 14.7. The maximum Gasteiger partial charge on any atom is 0.239 e. The number of likely N-dealkylation sites (N-methyl/N-ethyl adjacent to an activating group) is 1. The van der Waals surface area contributed by atoms with Gasteiger partial charge in [0.15, 0.2) is 11.6 Å². The van der Waals surface area contributed by atoms with Gasteiger partial charge in [-0.25, -0.2) is 4.39 Å². The number of aliphatic hydroxyl groups excluding tert-OH is 1. The van der Waals surface area contributed by atoms with Crippen molar-refractivity contribution in [2.24, 2.45) is 0 Å². The fraction of sp³-hybridized carbons (Fsp3) is 0.517. The Morgan fingerprint density at radius 2 is 2.03 bits per heavy atom. The first-order valence-corrected chi connectivity index (χ1v) is 13.3. The lowest BCUT2D eigenvalue weighted by Crippen LogP contribution is -2.52. The maximum absolute atomic E-state index is 14.7. The van der Waals surface area contributed by atoms with E-state index < -0.39 is 18.0 Å². The molecule has 2 aliphatic heterocycles. The Balaban J connectivity index is 1.49. The van der Waals surface area contributed by atoms with E-state index in [0.29, 0.717) is 25.0 Å². The van der Waals surface area contributed by atoms with Crippen LogP contribution in [-0.4, -0.2) is 60.7 Å². The molecule has 2 aromatic rings. The van der Waals surface area contributed by atoms with E-state index in [4.69, 9.17) is 4.74 Å². The Kier molecular flexibility index (Phi) is 8.82. The molecule has 0 radical (unpaired) electrons. The van der Waals surface area contributed by atoms with E-state index in [1.807, 2.05) is 0 Å². The van der Waals surface area contributed by atoms with Gasteiger partial charge in [0, 0.05) is 25.6 Å². The predicted molar refractivity (Wildman–Crippen MR) is 140 cm³/mol. The first-order chi connectivity index (χ1) is 17.8. The van der Waals surface area contributed by atoms with Gasteiger partial charge in [0.05, 0.1) is 25.3 Å². The first-order valence-electron chi connectivity index (χ1n) is 13.3. The molecule has 1 aliphatic carbocycles. The van der Waals surface area contributed by atoms with Crippen molar-refractivity contribution in [2.75, 3.05) is 26.7 Å². The van der Waals surface area contributed by atoms with Gasteiger partial charge in [-0.2, -0.15) is 0 Å². The largest absolute Gasteiger partial charge is 0.491 e. The molecular formula is C29H38FN3O4. The lowest BCUT2D eigenvalue weighted by Gasteiger charge is -2.28. The third-order valence-electron chi connectivity index (χ3n) is 7.40. The summed E-state index contributed by atoms with van der Waals surface area (Å²) < 4.78 is 20.2. The van der Waals surface area contributed by atoms with Crippen LogP contribution in [0.4, 0.5) is 4.39 Å². The van der Waals surface area contributed by atoms with Crippen LogP contribution >= 0.6 is 0 Å². The molecule has 3 aliphatic rings. The van der Waals surface area contributed by atoms with E-state index >= 15 is 0 Å². The van der Waals surface area contributed by atoms with Crippen molar-refractivity contribution in [3.05, 3.63) is 65.0 Å². The number of carbonyl (C=O) groups excluding carboxylic acids is 2. The molecule has 0 spiro atoms. The van der Waals surface area contributed by atoms with Gasteiger partial charge in [-0.15, -0.1) is 0 Å². The van der Waals surface area contributed by atoms with Crippen LogP contribution in [-0.2, 0) is 28.0 Å². The van der Waals surface area contributed by atoms with Gasteiger partial charge < -0.3 is 25.4 Å². The van der Waals surface area contributed by atoms with Crippen molar-refractivity contribution in [1.29, 1.82) is 0 Å². The van der Waals surface area contributed by atoms with E-state index in [2.05, 4.69) is 41.8 Å². The van der Waals surface area contributed by atoms with E-state index in [0.717, 1.165) is 19.3 Å². The highest BCUT2D eigenvalue weighted by molar-refractivity contribution is 5.84. The van der Waals surface area contributed by atoms with Crippen LogP contribution in [0.5, 0.6) is 5.75 Å². The molecule has 1 saturated carbocycles. The van der Waals surface area contributed by atoms with Crippen LogP contribution in [0.15, 0.2) is 42.5 Å². The third kappa shape index (κ3) is 7.08. The highest BCUT2D eigenvalue weighted by atomic mass is 19.1. The van der Waals surface area contributed by atoms with Crippen molar-refractivity contribution in [3.8, 4) is 5.75 Å². The fourth-order valence-corrected chi connectivity index (χ4v) is 4.86. The summed E-state index contributed by atoms with van der Waals surface area (Å²) in [5.74, 6) is -0.817. The van der Waals surface area contributed by atoms with Crippen LogP contribution < -0.4 is 15.4 Å². The second-order valence-electron chi connectivity index (χ2n) is 10.3. The van der Waals surface area contributed by atoms with Crippen molar-refractivity contribution >= 4 is 11.8 Å². The summed E-state index contributed by atoms with van der Waals surface area (Å²) >= 11 is 0. The van der Waals surface area contributed by atoms with Crippen LogP contribution in [0, 0.1) is 5.82 Å². The zero-order chi connectivity index (χ0) is 26.4. The van der Waals surface area contributed by atoms with Crippen molar-refractivity contribution in [3.63, 3.8) is 0 Å². The lowest BCUT2D eigenvalue weighted by molar-refractivity contribution is -0.135. The molecule has 2 amide bonds. The monoisotopic (exact) mass is 511 g/mol. The van der Waals surface area contributed by atoms with Crippen molar-refractivity contribution < 1.29 is 23.8 Å². The number of carbonyl (C=O) groups is 2. The fourth-order valence-electron chi connectivity index (χ4n) is 4.86. The Bertz CT molecular complexity index is 1100. The molecule has 0 aromatic heterocycles. The number of ether oxygens (including phenoxy) is 1. The van der Waals surface area contributed by atoms with E-state index in [1.54, 1.807) is 19.2 Å². The topological polar surface area (TPSA) is 90.9 Å². The molecular weight excluding hydrogens is 473 g/mol. The van der Waals surface area contributed by atoms with Gasteiger partial charge in [0.2, 0.25) is 11.8 Å². The van der Waals surface area contributed by atoms with Gasteiger partial charge in [0.1, 0.15) is 0 Å². The average molecular weight is 512 g/mol. The molecule has 3 N–H and O–H groups in total. The Hall–Kier alpha value is -2.97. The number of aryl methyl sites for hydroxylation is 1. The number of nitrogens with zero attached hydrogens (tertiary/aromatic N) is 1. The molecule has 2 unspecified atom stereocenters. The average Bonchev–Trinajstić information content (AvgIpc) is 3.68. The highest BCUT2D eigenvalue weighted by Crippen LogP contribution is 2.45. The van der Waals surface area contributed by atoms with Crippen LogP contribution in [0.2, 0.25) is 0 Å². The van der Waals surface area contributed by atoms with Crippen molar-refractivity contribution in [2.45, 2.75) is 69.6 Å². The summed E-state index contributed by atoms with van der Waals surface area (Å²) in [6.45, 7) is 2.60. The highest BCUT2D eigenvalue weighted by Gasteiger charge is 2.44. The summed E-state index contributed by atoms with van der Waals surface area (Å²) in [6, 6.07) is 12.6. The predicted octanol–water partition coefficient (Wildman–Crippen LogP) is 3.08. The molecule has 2 aromatic carbocycles. The smallest absolute Gasteiger partial charge is 0.239 e. The van der Waals surface area contributed by atoms with Gasteiger partial charge in [-0.05, 0) is 67.3 Å². The minimum atomic E-state index is -0.922. The standard InChI is InChI=1S/C29H38FN3O4/c1-3-20-7-6-8-22(15-20)29(12-13-29)31-18-25(34)24-17-21-10-11-26(23(30)16-21)37-14-5-4-9-28(36)33(2)19-27(35)32-24/h6-8,10-11,15-16,24-25,31,34H,3-5,9,12-14,17-19H2,1-2H3,(H,32,35). The minimum absolute atomic E-state index is 0.104. The molecule has 200 valence electrons. The molecule has 2 bridgehead atoms. The molecule has 8 heteroatoms. The van der Waals surface area contributed by atoms with E-state index in [9.17, 15) is 19.1 Å². The van der Waals surface area contributed by atoms with Gasteiger partial charge >= 0.3 is 0 Å². The summed E-state index contributed by atoms with van der Waals surface area (Å²) in [5.41, 5.74) is 2.94. The first kappa shape index (κ1) is 27.1. The van der Waals surface area contributed by atoms with E-state index in [1.165, 1.54) is 22.1 Å². The van der Waals surface area contributed by atoms with Crippen LogP contribution in [0.3, 0.4) is 0 Å². The number of halogens is 1. The summed E-state index contributed by atoms with van der Waals surface area (Å²) in [5, 5.41) is 17.6. The second kappa shape index (κ2) is 12.0. The number of benzene rings is 2. The number of amides is 2. The summed E-state index contributed by atoms with van der Waals surface area (Å²) in [6.07, 6.45) is 3.70. The number of nitrogens with one attached hydrogen (secondary N) is 2. The van der Waals surface area contributed by atoms with E-state index in [-0.39, 0.29) is 49.0 Å². The lowest BCUT2D eigenvalue weighted by atomic mass is 9.98. The Morgan fingerprint density at radius 1 is 1.22 bits per heavy atom. The number of hydrogen-bond donors (Lipinski definition) is 3. The SMILES string of the molecule is CCc1cccc(C2(NCC(O)C3Cc4ccc(c(F)c4)OCCCCC(=O)N(C)CC(=O)N3)CC2)c1. The number of fused-ring (bicyclic) bond motifs is 13. The number of hydrogen-bond acceptors (Lipinski definition) is 5. The van der Waals surface area contributed by atoms with Gasteiger partial charge in [0.25, 0.3) is 0 Å². The summed E-state index contributed by atoms with van der Waals surface area (Å²) in [7, 11) is 1.60. The van der Waals surface area contributed by atoms with Crippen LogP contribution in [0.1, 0.15) is 55.7 Å².